The third kappa shape index (κ3) is 8.63. The SMILES string of the molecule is CCC(I)CC1C(C)C2CC3CC(C(C)C(C)C)C(C)C4C3C3C2C2C1C(I)CC1C5C(I)CC6C7C(I)CC8C9C(I)CCC(C)C9C9C(C)C%10C(C)C(C)C(C(C)C(C)C)C%11C%12C(C)C(C(C)C(C)C)C%13C%14C(C)C(C(C)C(C)C)C4C4C%14C%14C(C5C6C5C6C7C8C9C(C%10%11)C6C%12C%13C5%14)C(C12)C34. The Bertz CT molecular complexity index is 3320. The average Bonchev–Trinajstić information content (AvgIpc) is 0.622. The van der Waals surface area contributed by atoms with Crippen LogP contribution in [0.4, 0.5) is 0 Å². The molecular formula is C98H149I5. The fourth-order valence-corrected chi connectivity index (χ4v) is 52.2. The summed E-state index contributed by atoms with van der Waals surface area (Å²) < 4.78 is 4.44. The molecule has 0 heterocycles. The van der Waals surface area contributed by atoms with E-state index in [2.05, 4.69) is 258 Å². The average molecular weight is 1960 g/mol. The van der Waals surface area contributed by atoms with E-state index in [0.29, 0.717) is 0 Å². The lowest BCUT2D eigenvalue weighted by Crippen LogP contribution is -2.86. The first kappa shape index (κ1) is 73.1. The topological polar surface area (TPSA) is 0 Å². The van der Waals surface area contributed by atoms with E-state index >= 15 is 0 Å². The Morgan fingerprint density at radius 1 is 0.262 bits per heavy atom. The van der Waals surface area contributed by atoms with Crippen molar-refractivity contribution in [3.05, 3.63) is 0 Å². The minimum atomic E-state index is 0.763. The van der Waals surface area contributed by atoms with Gasteiger partial charge in [0.15, 0.2) is 0 Å². The van der Waals surface area contributed by atoms with Crippen LogP contribution in [0.25, 0.3) is 0 Å². The molecule has 0 radical (unpaired) electrons. The molecule has 0 aromatic rings. The van der Waals surface area contributed by atoms with E-state index in [9.17, 15) is 0 Å². The van der Waals surface area contributed by atoms with Gasteiger partial charge in [0.1, 0.15) is 0 Å². The van der Waals surface area contributed by atoms with Crippen LogP contribution in [0.3, 0.4) is 0 Å². The number of halogens is 5. The molecule has 64 unspecified atom stereocenters. The molecule has 22 saturated carbocycles. The third-order valence-electron chi connectivity index (χ3n) is 47.2. The quantitative estimate of drug-likeness (QED) is 0.143. The molecule has 22 aliphatic carbocycles. The van der Waals surface area contributed by atoms with Gasteiger partial charge in [-0.3, -0.25) is 0 Å². The Labute approximate surface area is 700 Å². The van der Waals surface area contributed by atoms with Crippen molar-refractivity contribution in [2.24, 2.45) is 373 Å². The van der Waals surface area contributed by atoms with Crippen LogP contribution in [0.15, 0.2) is 0 Å². The molecule has 5 heteroatoms. The van der Waals surface area contributed by atoms with Crippen molar-refractivity contribution >= 4 is 113 Å². The summed E-state index contributed by atoms with van der Waals surface area (Å²) in [6.45, 7) is 61.2. The van der Waals surface area contributed by atoms with Crippen molar-refractivity contribution in [3.8, 4) is 0 Å². The molecular weight excluding hydrogens is 1810 g/mol. The van der Waals surface area contributed by atoms with E-state index in [-0.39, 0.29) is 0 Å². The Morgan fingerprint density at radius 3 is 1.06 bits per heavy atom. The van der Waals surface area contributed by atoms with Gasteiger partial charge in [0.05, 0.1) is 0 Å². The summed E-state index contributed by atoms with van der Waals surface area (Å²) in [6, 6.07) is 0. The second-order valence-corrected chi connectivity index (χ2v) is 56.5. The van der Waals surface area contributed by atoms with E-state index in [1.54, 1.807) is 38.5 Å². The fraction of sp³-hybridized carbons (Fsp3) is 1.00. The molecule has 0 amide bonds. The molecule has 0 bridgehead atoms. The van der Waals surface area contributed by atoms with Gasteiger partial charge in [-0.25, -0.2) is 0 Å². The highest BCUT2D eigenvalue weighted by molar-refractivity contribution is 14.1. The molecule has 0 aromatic carbocycles. The first-order valence-electron chi connectivity index (χ1n) is 47.3. The highest BCUT2D eigenvalue weighted by atomic mass is 127. The summed E-state index contributed by atoms with van der Waals surface area (Å²) in [5.74, 6) is 60.3. The largest absolute Gasteiger partial charge is 0.0826 e. The minimum Gasteiger partial charge on any atom is -0.0826 e. The molecule has 0 aromatic heterocycles. The van der Waals surface area contributed by atoms with Crippen LogP contribution in [-0.2, 0) is 0 Å². The molecule has 0 N–H and O–H groups in total. The van der Waals surface area contributed by atoms with E-state index in [1.807, 2.05) is 0 Å². The van der Waals surface area contributed by atoms with Crippen molar-refractivity contribution in [2.45, 2.75) is 223 Å². The zero-order valence-electron chi connectivity index (χ0n) is 68.5. The zero-order valence-corrected chi connectivity index (χ0v) is 79.3. The number of rotatable bonds is 11. The zero-order chi connectivity index (χ0) is 71.6. The van der Waals surface area contributed by atoms with Gasteiger partial charge >= 0.3 is 0 Å². The van der Waals surface area contributed by atoms with Crippen LogP contribution in [0.1, 0.15) is 203 Å². The lowest BCUT2D eigenvalue weighted by atomic mass is 9.16. The van der Waals surface area contributed by atoms with Crippen molar-refractivity contribution in [3.63, 3.8) is 0 Å². The predicted octanol–water partition coefficient (Wildman–Crippen LogP) is 26.1. The summed E-state index contributed by atoms with van der Waals surface area (Å²) in [4.78, 5) is 0. The van der Waals surface area contributed by atoms with E-state index in [0.717, 1.165) is 392 Å². The van der Waals surface area contributed by atoms with Crippen LogP contribution in [0.2, 0.25) is 0 Å². The van der Waals surface area contributed by atoms with Gasteiger partial charge < -0.3 is 0 Å². The minimum absolute atomic E-state index is 0.763. The van der Waals surface area contributed by atoms with Crippen molar-refractivity contribution in [1.29, 1.82) is 0 Å². The van der Waals surface area contributed by atoms with Crippen LogP contribution in [0, 0.1) is 373 Å². The van der Waals surface area contributed by atoms with Gasteiger partial charge in [0, 0.05) is 19.6 Å². The summed E-state index contributed by atoms with van der Waals surface area (Å²) >= 11 is 16.6. The maximum absolute atomic E-state index is 3.47. The summed E-state index contributed by atoms with van der Waals surface area (Å²) in [5.41, 5.74) is 0. The van der Waals surface area contributed by atoms with Gasteiger partial charge in [-0.1, -0.05) is 258 Å². The second kappa shape index (κ2) is 24.7. The predicted molar refractivity (Wildman–Crippen MR) is 470 cm³/mol. The molecule has 103 heavy (non-hydrogen) atoms. The van der Waals surface area contributed by atoms with Crippen LogP contribution < -0.4 is 0 Å². The Kier molecular flexibility index (Phi) is 17.5. The number of hydrogen-bond donors (Lipinski definition) is 0. The Morgan fingerprint density at radius 2 is 0.602 bits per heavy atom. The third-order valence-corrected chi connectivity index (χ3v) is 54.1. The second-order valence-electron chi connectivity index (χ2n) is 48.3. The Balaban J connectivity index is 0.848. The van der Waals surface area contributed by atoms with Crippen molar-refractivity contribution in [1.82, 2.24) is 0 Å². The molecule has 0 saturated heterocycles. The van der Waals surface area contributed by atoms with Gasteiger partial charge in [-0.15, -0.1) is 0 Å². The summed E-state index contributed by atoms with van der Waals surface area (Å²) in [7, 11) is 0. The molecule has 22 rings (SSSR count). The van der Waals surface area contributed by atoms with Crippen LogP contribution in [-0.4, -0.2) is 19.6 Å². The normalized spacial score (nSPS) is 68.2. The highest BCUT2D eigenvalue weighted by Crippen LogP contribution is 2.93. The summed E-state index contributed by atoms with van der Waals surface area (Å²) in [6.07, 6.45) is 14.2. The molecule has 64 atom stereocenters. The smallest absolute Gasteiger partial charge is 0.0146 e. The highest BCUT2D eigenvalue weighted by Gasteiger charge is 2.89. The molecule has 576 valence electrons. The maximum Gasteiger partial charge on any atom is 0.0146 e. The van der Waals surface area contributed by atoms with Crippen molar-refractivity contribution in [2.75, 3.05) is 0 Å². The lowest BCUT2D eigenvalue weighted by Gasteiger charge is -2.89. The number of alkyl halides is 5. The molecule has 22 fully saturated rings. The molecule has 22 aliphatic rings. The van der Waals surface area contributed by atoms with E-state index < -0.39 is 0 Å². The lowest BCUT2D eigenvalue weighted by molar-refractivity contribution is -0.419. The van der Waals surface area contributed by atoms with E-state index in [1.165, 1.54) is 19.3 Å². The van der Waals surface area contributed by atoms with Crippen LogP contribution >= 0.6 is 113 Å². The van der Waals surface area contributed by atoms with Gasteiger partial charge in [-0.2, -0.15) is 0 Å². The molecule has 0 spiro atoms. The fourth-order valence-electron chi connectivity index (χ4n) is 45.5. The van der Waals surface area contributed by atoms with Gasteiger partial charge in [0.2, 0.25) is 0 Å². The van der Waals surface area contributed by atoms with Gasteiger partial charge in [0.25, 0.3) is 0 Å². The monoisotopic (exact) mass is 1960 g/mol. The first-order valence-corrected chi connectivity index (χ1v) is 53.5. The standard InChI is InChI=1S/C98H149I5/c1-22-48(99)27-51-42(17)50-26-47-25-49(36(11)31(2)3)43(18)64-68(47)84-73(50)85-69(51)56(101)29-53-71-58(103)30-54-72-57(102)28-52-70-55(100)24-23-35(10)59(70)65-46(21)63-41(16)40(15)60(37(12)32(4)5)77-66-45(20)62(39(14)34(8)9)79-67-44(19)61(38(13)33(6)7)78(64)90-83(67)94-97(88(75(53)85)95(84)90)87(71)76(54)89-96-86(72)74(52)81(65)92(80(63)77)93(96)82(66)91(79)98(89)94/h31-98H,22-30H2,1-21H3. The van der Waals surface area contributed by atoms with Gasteiger partial charge in [-0.05, 0) is 431 Å². The molecule has 0 nitrogen and oxygen atoms in total. The Hall–Kier alpha value is 3.65. The van der Waals surface area contributed by atoms with Crippen molar-refractivity contribution < 1.29 is 0 Å². The maximum atomic E-state index is 3.47. The summed E-state index contributed by atoms with van der Waals surface area (Å²) in [5, 5.41) is 0. The number of fused-ring (bicyclic) bond motifs is 8. The first-order chi connectivity index (χ1) is 49.1. The molecule has 0 aliphatic heterocycles. The number of hydrogen-bond acceptors (Lipinski definition) is 0. The van der Waals surface area contributed by atoms with E-state index in [4.69, 9.17) is 0 Å². The van der Waals surface area contributed by atoms with Crippen LogP contribution in [0.5, 0.6) is 0 Å².